The predicted molar refractivity (Wildman–Crippen MR) is 67.6 cm³/mol. The molecule has 0 atom stereocenters. The molecule has 0 unspecified atom stereocenters. The van der Waals surface area contributed by atoms with Crippen LogP contribution in [0, 0.1) is 0 Å². The molecule has 3 rings (SSSR count). The van der Waals surface area contributed by atoms with Crippen molar-refractivity contribution < 1.29 is 15.0 Å². The van der Waals surface area contributed by atoms with Gasteiger partial charge in [-0.3, -0.25) is 4.79 Å². The molecule has 1 aromatic carbocycles. The van der Waals surface area contributed by atoms with Gasteiger partial charge in [-0.15, -0.1) is 0 Å². The Morgan fingerprint density at radius 2 is 1.72 bits per heavy atom. The van der Waals surface area contributed by atoms with Gasteiger partial charge in [0.25, 0.3) is 0 Å². The van der Waals surface area contributed by atoms with Gasteiger partial charge in [0, 0.05) is 5.41 Å². The van der Waals surface area contributed by atoms with Gasteiger partial charge in [0.2, 0.25) is 0 Å². The zero-order chi connectivity index (χ0) is 12.8. The maximum absolute atomic E-state index is 11.6. The number of carboxylic acid groups (broad SMARTS) is 1. The van der Waals surface area contributed by atoms with Gasteiger partial charge < -0.3 is 10.2 Å². The molecule has 0 aromatic heterocycles. The van der Waals surface area contributed by atoms with Crippen LogP contribution in [0.3, 0.4) is 0 Å². The third-order valence-corrected chi connectivity index (χ3v) is 4.79. The van der Waals surface area contributed by atoms with Crippen molar-refractivity contribution in [3.05, 3.63) is 35.4 Å². The van der Waals surface area contributed by atoms with Crippen molar-refractivity contribution in [2.24, 2.45) is 0 Å². The first-order valence-corrected chi connectivity index (χ1v) is 6.59. The summed E-state index contributed by atoms with van der Waals surface area (Å²) >= 11 is 0. The van der Waals surface area contributed by atoms with E-state index in [1.165, 1.54) is 0 Å². The highest BCUT2D eigenvalue weighted by molar-refractivity contribution is 5.83. The number of aliphatic hydroxyl groups is 1. The number of hydrogen-bond donors (Lipinski definition) is 2. The third kappa shape index (κ3) is 1.43. The SMILES string of the molecule is O=C(O)C1(c2ccccc2C2(CO)CC2)CCC1. The Balaban J connectivity index is 2.10. The quantitative estimate of drug-likeness (QED) is 0.856. The Morgan fingerprint density at radius 3 is 2.11 bits per heavy atom. The van der Waals surface area contributed by atoms with E-state index in [1.54, 1.807) is 0 Å². The zero-order valence-electron chi connectivity index (χ0n) is 10.4. The van der Waals surface area contributed by atoms with Crippen molar-refractivity contribution in [1.29, 1.82) is 0 Å². The predicted octanol–water partition coefficient (Wildman–Crippen LogP) is 2.22. The highest BCUT2D eigenvalue weighted by Gasteiger charge is 2.52. The molecule has 2 N–H and O–H groups in total. The second kappa shape index (κ2) is 3.82. The molecule has 18 heavy (non-hydrogen) atoms. The fourth-order valence-corrected chi connectivity index (χ4v) is 3.16. The average Bonchev–Trinajstić information content (AvgIpc) is 3.08. The first kappa shape index (κ1) is 11.7. The lowest BCUT2D eigenvalue weighted by Crippen LogP contribution is -2.43. The number of aliphatic carboxylic acids is 1. The molecule has 3 heteroatoms. The van der Waals surface area contributed by atoms with Gasteiger partial charge >= 0.3 is 5.97 Å². The second-order valence-corrected chi connectivity index (χ2v) is 5.72. The van der Waals surface area contributed by atoms with Gasteiger partial charge in [0.15, 0.2) is 0 Å². The van der Waals surface area contributed by atoms with Crippen molar-refractivity contribution in [3.8, 4) is 0 Å². The van der Waals surface area contributed by atoms with E-state index < -0.39 is 11.4 Å². The van der Waals surface area contributed by atoms with Crippen molar-refractivity contribution in [3.63, 3.8) is 0 Å². The zero-order valence-corrected chi connectivity index (χ0v) is 10.4. The van der Waals surface area contributed by atoms with E-state index >= 15 is 0 Å². The maximum Gasteiger partial charge on any atom is 0.314 e. The maximum atomic E-state index is 11.6. The first-order valence-electron chi connectivity index (χ1n) is 6.59. The molecule has 0 spiro atoms. The summed E-state index contributed by atoms with van der Waals surface area (Å²) < 4.78 is 0. The second-order valence-electron chi connectivity index (χ2n) is 5.72. The van der Waals surface area contributed by atoms with Crippen molar-refractivity contribution in [1.82, 2.24) is 0 Å². The van der Waals surface area contributed by atoms with Crippen LogP contribution in [0.5, 0.6) is 0 Å². The minimum absolute atomic E-state index is 0.125. The lowest BCUT2D eigenvalue weighted by Gasteiger charge is -2.40. The van der Waals surface area contributed by atoms with Crippen LogP contribution < -0.4 is 0 Å². The Hall–Kier alpha value is -1.35. The number of carboxylic acids is 1. The molecule has 3 nitrogen and oxygen atoms in total. The molecule has 2 aliphatic carbocycles. The van der Waals surface area contributed by atoms with Crippen LogP contribution in [0.2, 0.25) is 0 Å². The highest BCUT2D eigenvalue weighted by atomic mass is 16.4. The molecule has 0 radical (unpaired) electrons. The topological polar surface area (TPSA) is 57.5 Å². The molecule has 96 valence electrons. The van der Waals surface area contributed by atoms with Crippen molar-refractivity contribution >= 4 is 5.97 Å². The summed E-state index contributed by atoms with van der Waals surface area (Å²) in [5, 5.41) is 19.1. The third-order valence-electron chi connectivity index (χ3n) is 4.79. The summed E-state index contributed by atoms with van der Waals surface area (Å²) in [6.45, 7) is 0.125. The van der Waals surface area contributed by atoms with Crippen LogP contribution in [-0.4, -0.2) is 22.8 Å². The van der Waals surface area contributed by atoms with Crippen LogP contribution >= 0.6 is 0 Å². The number of aliphatic hydroxyl groups excluding tert-OH is 1. The van der Waals surface area contributed by atoms with E-state index in [9.17, 15) is 15.0 Å². The molecule has 0 amide bonds. The highest BCUT2D eigenvalue weighted by Crippen LogP contribution is 2.54. The van der Waals surface area contributed by atoms with E-state index in [1.807, 2.05) is 24.3 Å². The normalized spacial score (nSPS) is 23.2. The lowest BCUT2D eigenvalue weighted by molar-refractivity contribution is -0.147. The summed E-state index contributed by atoms with van der Waals surface area (Å²) in [5.74, 6) is -0.713. The Labute approximate surface area is 106 Å². The standard InChI is InChI=1S/C15H18O3/c16-10-14(8-9-14)11-4-1-2-5-12(11)15(13(17)18)6-3-7-15/h1-2,4-5,16H,3,6-10H2,(H,17,18). The summed E-state index contributed by atoms with van der Waals surface area (Å²) in [6, 6.07) is 7.80. The fraction of sp³-hybridized carbons (Fsp3) is 0.533. The number of hydrogen-bond acceptors (Lipinski definition) is 2. The van der Waals surface area contributed by atoms with Gasteiger partial charge in [-0.1, -0.05) is 30.7 Å². The molecule has 0 saturated heterocycles. The number of carbonyl (C=O) groups is 1. The Bertz CT molecular complexity index is 484. The first-order chi connectivity index (χ1) is 8.65. The number of rotatable bonds is 4. The van der Waals surface area contributed by atoms with Gasteiger partial charge in [0.1, 0.15) is 0 Å². The van der Waals surface area contributed by atoms with Crippen LogP contribution in [0.1, 0.15) is 43.2 Å². The van der Waals surface area contributed by atoms with Gasteiger partial charge in [-0.25, -0.2) is 0 Å². The van der Waals surface area contributed by atoms with Crippen molar-refractivity contribution in [2.75, 3.05) is 6.61 Å². The minimum Gasteiger partial charge on any atom is -0.481 e. The van der Waals surface area contributed by atoms with E-state index in [-0.39, 0.29) is 12.0 Å². The fourth-order valence-electron chi connectivity index (χ4n) is 3.16. The molecule has 0 heterocycles. The van der Waals surface area contributed by atoms with E-state index in [2.05, 4.69) is 0 Å². The molecule has 2 saturated carbocycles. The smallest absolute Gasteiger partial charge is 0.314 e. The molecule has 2 fully saturated rings. The summed E-state index contributed by atoms with van der Waals surface area (Å²) in [7, 11) is 0. The Morgan fingerprint density at radius 1 is 1.11 bits per heavy atom. The van der Waals surface area contributed by atoms with E-state index in [0.29, 0.717) is 0 Å². The van der Waals surface area contributed by atoms with Crippen LogP contribution in [0.25, 0.3) is 0 Å². The molecular weight excluding hydrogens is 228 g/mol. The number of benzene rings is 1. The van der Waals surface area contributed by atoms with Crippen LogP contribution in [0.4, 0.5) is 0 Å². The summed E-state index contributed by atoms with van der Waals surface area (Å²) in [4.78, 5) is 11.6. The summed E-state index contributed by atoms with van der Waals surface area (Å²) in [5.41, 5.74) is 1.15. The molecule has 2 aliphatic rings. The van der Waals surface area contributed by atoms with E-state index in [0.717, 1.165) is 43.2 Å². The van der Waals surface area contributed by atoms with Crippen LogP contribution in [0.15, 0.2) is 24.3 Å². The molecule has 0 aliphatic heterocycles. The summed E-state index contributed by atoms with van der Waals surface area (Å²) in [6.07, 6.45) is 4.36. The lowest BCUT2D eigenvalue weighted by atomic mass is 9.62. The van der Waals surface area contributed by atoms with Crippen LogP contribution in [-0.2, 0) is 15.6 Å². The van der Waals surface area contributed by atoms with Gasteiger partial charge in [0.05, 0.1) is 12.0 Å². The molecule has 0 bridgehead atoms. The molecular formula is C15H18O3. The average molecular weight is 246 g/mol. The van der Waals surface area contributed by atoms with Crippen molar-refractivity contribution in [2.45, 2.75) is 42.9 Å². The largest absolute Gasteiger partial charge is 0.481 e. The monoisotopic (exact) mass is 246 g/mol. The van der Waals surface area contributed by atoms with Gasteiger partial charge in [-0.05, 0) is 36.8 Å². The minimum atomic E-state index is -0.713. The molecule has 1 aromatic rings. The van der Waals surface area contributed by atoms with E-state index in [4.69, 9.17) is 0 Å². The van der Waals surface area contributed by atoms with Gasteiger partial charge in [-0.2, -0.15) is 0 Å². The Kier molecular flexibility index (Phi) is 2.49.